The van der Waals surface area contributed by atoms with E-state index in [0.29, 0.717) is 11.8 Å². The Hall–Kier alpha value is -3.33. The van der Waals surface area contributed by atoms with Gasteiger partial charge >= 0.3 is 17.2 Å². The Balaban J connectivity index is 1.96. The maximum absolute atomic E-state index is 12.4. The van der Waals surface area contributed by atoms with Gasteiger partial charge in [0.05, 0.1) is 0 Å². The van der Waals surface area contributed by atoms with Gasteiger partial charge in [-0.05, 0) is 29.5 Å². The minimum Gasteiger partial charge on any atom is -0.480 e. The van der Waals surface area contributed by atoms with Gasteiger partial charge in [-0.1, -0.05) is 42.5 Å². The van der Waals surface area contributed by atoms with Crippen molar-refractivity contribution < 1.29 is 33.8 Å². The molecule has 0 aliphatic heterocycles. The summed E-state index contributed by atoms with van der Waals surface area (Å²) in [5, 5.41) is 10.5. The fourth-order valence-corrected chi connectivity index (χ4v) is 2.89. The lowest BCUT2D eigenvalue weighted by atomic mass is 10.2. The summed E-state index contributed by atoms with van der Waals surface area (Å²) in [5.41, 5.74) is 0.873. The van der Waals surface area contributed by atoms with Crippen molar-refractivity contribution >= 4 is 34.9 Å². The van der Waals surface area contributed by atoms with E-state index in [9.17, 15) is 19.2 Å². The number of hydrogen-bond donors (Lipinski definition) is 2. The number of carbonyl (C=O) groups excluding carboxylic acids is 3. The summed E-state index contributed by atoms with van der Waals surface area (Å²) in [7, 11) is 0. The predicted octanol–water partition coefficient (Wildman–Crippen LogP) is 2.86. The zero-order valence-electron chi connectivity index (χ0n) is 15.5. The molecule has 0 fully saturated rings. The second-order valence-electron chi connectivity index (χ2n) is 5.81. The highest BCUT2D eigenvalue weighted by Crippen LogP contribution is 2.22. The zero-order valence-corrected chi connectivity index (χ0v) is 16.3. The Morgan fingerprint density at radius 3 is 2.34 bits per heavy atom. The Labute approximate surface area is 171 Å². The molecule has 0 heterocycles. The van der Waals surface area contributed by atoms with E-state index in [1.54, 1.807) is 12.1 Å². The number of nitrogens with one attached hydrogen (secondary N) is 1. The average Bonchev–Trinajstić information content (AvgIpc) is 2.70. The molecule has 0 saturated heterocycles. The molecule has 29 heavy (non-hydrogen) atoms. The molecule has 2 aromatic rings. The molecule has 2 rings (SSSR count). The molecule has 0 bridgehead atoms. The van der Waals surface area contributed by atoms with Crippen LogP contribution in [0.25, 0.3) is 0 Å². The molecule has 2 aromatic carbocycles. The normalized spacial score (nSPS) is 11.2. The quantitative estimate of drug-likeness (QED) is 0.630. The van der Waals surface area contributed by atoms with Crippen molar-refractivity contribution in [2.75, 3.05) is 5.75 Å². The Kier molecular flexibility index (Phi) is 8.23. The molecular weight excluding hydrogens is 398 g/mol. The van der Waals surface area contributed by atoms with E-state index in [-0.39, 0.29) is 23.7 Å². The third-order valence-corrected chi connectivity index (χ3v) is 4.38. The molecule has 8 nitrogen and oxygen atoms in total. The fraction of sp³-hybridized carbons (Fsp3) is 0.200. The maximum atomic E-state index is 12.4. The molecule has 1 amide bonds. The Bertz CT molecular complexity index is 885. The minimum atomic E-state index is -1.27. The number of para-hydroxylation sites is 1. The number of aliphatic carboxylic acids is 1. The van der Waals surface area contributed by atoms with Crippen LogP contribution in [0.2, 0.25) is 0 Å². The Morgan fingerprint density at radius 1 is 1.03 bits per heavy atom. The second kappa shape index (κ2) is 10.9. The van der Waals surface area contributed by atoms with E-state index in [1.165, 1.54) is 19.1 Å². The fourth-order valence-electron chi connectivity index (χ4n) is 2.22. The number of hydrogen-bond acceptors (Lipinski definition) is 7. The molecule has 1 atom stereocenters. The van der Waals surface area contributed by atoms with Crippen molar-refractivity contribution in [3.05, 3.63) is 65.7 Å². The van der Waals surface area contributed by atoms with Crippen LogP contribution in [0.5, 0.6) is 5.75 Å². The van der Waals surface area contributed by atoms with Crippen LogP contribution in [0, 0.1) is 0 Å². The number of rotatable bonds is 8. The van der Waals surface area contributed by atoms with Crippen LogP contribution in [-0.2, 0) is 20.9 Å². The van der Waals surface area contributed by atoms with Crippen LogP contribution < -0.4 is 10.1 Å². The molecule has 0 aliphatic carbocycles. The first kappa shape index (κ1) is 22.0. The predicted molar refractivity (Wildman–Crippen MR) is 106 cm³/mol. The maximum Gasteiger partial charge on any atom is 0.372 e. The van der Waals surface area contributed by atoms with Gasteiger partial charge in [0.25, 0.3) is 0 Å². The number of carboxylic acids is 1. The van der Waals surface area contributed by atoms with Gasteiger partial charge in [-0.3, -0.25) is 4.79 Å². The van der Waals surface area contributed by atoms with Crippen LogP contribution >= 0.6 is 11.8 Å². The van der Waals surface area contributed by atoms with E-state index >= 15 is 0 Å². The number of esters is 1. The van der Waals surface area contributed by atoms with Gasteiger partial charge < -0.3 is 19.9 Å². The smallest absolute Gasteiger partial charge is 0.372 e. The molecule has 1 unspecified atom stereocenters. The summed E-state index contributed by atoms with van der Waals surface area (Å²) in [4.78, 5) is 46.5. The number of thioether (sulfide) groups is 1. The highest BCUT2D eigenvalue weighted by molar-refractivity contribution is 8.13. The average molecular weight is 417 g/mol. The first-order valence-electron chi connectivity index (χ1n) is 8.51. The monoisotopic (exact) mass is 417 g/mol. The van der Waals surface area contributed by atoms with Gasteiger partial charge in [-0.2, -0.15) is 0 Å². The summed E-state index contributed by atoms with van der Waals surface area (Å²) in [5.74, 6) is -2.70. The number of amides is 1. The van der Waals surface area contributed by atoms with Crippen molar-refractivity contribution in [1.29, 1.82) is 0 Å². The van der Waals surface area contributed by atoms with Crippen LogP contribution in [0.3, 0.4) is 0 Å². The number of benzene rings is 2. The van der Waals surface area contributed by atoms with Crippen LogP contribution in [-0.4, -0.2) is 40.0 Å². The van der Waals surface area contributed by atoms with Crippen molar-refractivity contribution in [1.82, 2.24) is 5.32 Å². The molecule has 0 saturated carbocycles. The first-order valence-corrected chi connectivity index (χ1v) is 9.50. The van der Waals surface area contributed by atoms with E-state index < -0.39 is 29.2 Å². The SMILES string of the molecule is CC(=O)NC(CSC(=O)Oc1ccccc1C(=O)OCc1ccccc1)C(=O)O. The first-order chi connectivity index (χ1) is 13.9. The van der Waals surface area contributed by atoms with Gasteiger partial charge in [0.15, 0.2) is 0 Å². The summed E-state index contributed by atoms with van der Waals surface area (Å²) in [6.07, 6.45) is 0. The van der Waals surface area contributed by atoms with Crippen LogP contribution in [0.15, 0.2) is 54.6 Å². The molecule has 0 aliphatic rings. The van der Waals surface area contributed by atoms with Gasteiger partial charge in [0.1, 0.15) is 24.0 Å². The molecule has 2 N–H and O–H groups in total. The summed E-state index contributed by atoms with van der Waals surface area (Å²) < 4.78 is 10.4. The van der Waals surface area contributed by atoms with E-state index in [0.717, 1.165) is 5.56 Å². The molecule has 0 spiro atoms. The topological polar surface area (TPSA) is 119 Å². The van der Waals surface area contributed by atoms with Gasteiger partial charge in [-0.15, -0.1) is 0 Å². The van der Waals surface area contributed by atoms with Crippen molar-refractivity contribution in [2.45, 2.75) is 19.6 Å². The summed E-state index contributed by atoms with van der Waals surface area (Å²) in [6.45, 7) is 1.24. The standard InChI is InChI=1S/C20H19NO7S/c1-13(22)21-16(18(23)24)12-29-20(26)28-17-10-6-5-9-15(17)19(25)27-11-14-7-3-2-4-8-14/h2-10,16H,11-12H2,1H3,(H,21,22)(H,23,24). The van der Waals surface area contributed by atoms with Gasteiger partial charge in [-0.25, -0.2) is 14.4 Å². The highest BCUT2D eigenvalue weighted by atomic mass is 32.2. The lowest BCUT2D eigenvalue weighted by molar-refractivity contribution is -0.140. The van der Waals surface area contributed by atoms with Crippen molar-refractivity contribution in [3.63, 3.8) is 0 Å². The largest absolute Gasteiger partial charge is 0.480 e. The van der Waals surface area contributed by atoms with Crippen molar-refractivity contribution in [2.24, 2.45) is 0 Å². The van der Waals surface area contributed by atoms with E-state index in [4.69, 9.17) is 14.6 Å². The van der Waals surface area contributed by atoms with Gasteiger partial charge in [0.2, 0.25) is 5.91 Å². The second-order valence-corrected chi connectivity index (χ2v) is 6.77. The molecule has 9 heteroatoms. The Morgan fingerprint density at radius 2 is 1.69 bits per heavy atom. The number of carboxylic acid groups (broad SMARTS) is 1. The van der Waals surface area contributed by atoms with E-state index in [2.05, 4.69) is 5.32 Å². The van der Waals surface area contributed by atoms with Gasteiger partial charge in [0, 0.05) is 12.7 Å². The lowest BCUT2D eigenvalue weighted by Crippen LogP contribution is -2.41. The third kappa shape index (κ3) is 7.30. The van der Waals surface area contributed by atoms with Crippen LogP contribution in [0.1, 0.15) is 22.8 Å². The molecule has 0 aromatic heterocycles. The number of carbonyl (C=O) groups is 4. The lowest BCUT2D eigenvalue weighted by Gasteiger charge is -2.13. The summed E-state index contributed by atoms with van der Waals surface area (Å²) in [6, 6.07) is 13.9. The minimum absolute atomic E-state index is 0.00513. The molecule has 152 valence electrons. The molecular formula is C20H19NO7S. The highest BCUT2D eigenvalue weighted by Gasteiger charge is 2.22. The van der Waals surface area contributed by atoms with E-state index in [1.807, 2.05) is 30.3 Å². The van der Waals surface area contributed by atoms with Crippen LogP contribution in [0.4, 0.5) is 4.79 Å². The summed E-state index contributed by atoms with van der Waals surface area (Å²) >= 11 is 0.572. The number of ether oxygens (including phenoxy) is 2. The zero-order chi connectivity index (χ0) is 21.2. The molecule has 0 radical (unpaired) electrons. The van der Waals surface area contributed by atoms with Crippen molar-refractivity contribution in [3.8, 4) is 5.75 Å². The third-order valence-electron chi connectivity index (χ3n) is 3.56.